The number of hydrogen-bond donors (Lipinski definition) is 0. The normalized spacial score (nSPS) is 14.7. The van der Waals surface area contributed by atoms with Gasteiger partial charge >= 0.3 is 0 Å². The number of Topliss-reactive ketones (excluding diaryl/α,β-unsaturated/α-hetero) is 1. The molecule has 0 amide bonds. The Morgan fingerprint density at radius 3 is 2.59 bits per heavy atom. The second kappa shape index (κ2) is 7.72. The van der Waals surface area contributed by atoms with Crippen molar-refractivity contribution in [3.8, 4) is 5.75 Å². The van der Waals surface area contributed by atoms with Gasteiger partial charge in [-0.15, -0.1) is 0 Å². The summed E-state index contributed by atoms with van der Waals surface area (Å²) in [5.74, 6) is 2.41. The van der Waals surface area contributed by atoms with Crippen LogP contribution in [-0.4, -0.2) is 47.6 Å². The minimum absolute atomic E-state index is 0.103. The van der Waals surface area contributed by atoms with Crippen LogP contribution in [0.15, 0.2) is 59.1 Å². The molecule has 2 aromatic carbocycles. The molecule has 1 aliphatic rings. The van der Waals surface area contributed by atoms with Gasteiger partial charge in [0.2, 0.25) is 5.89 Å². The minimum atomic E-state index is 0.103. The molecule has 27 heavy (non-hydrogen) atoms. The van der Waals surface area contributed by atoms with Gasteiger partial charge in [0.1, 0.15) is 5.75 Å². The van der Waals surface area contributed by atoms with Crippen molar-refractivity contribution < 1.29 is 14.1 Å². The van der Waals surface area contributed by atoms with Crippen molar-refractivity contribution in [2.75, 3.05) is 26.7 Å². The average Bonchev–Trinajstić information content (AvgIpc) is 3.13. The molecule has 0 bridgehead atoms. The molecule has 6 heteroatoms. The fraction of sp³-hybridized carbons (Fsp3) is 0.286. The van der Waals surface area contributed by atoms with Crippen LogP contribution in [-0.2, 0) is 6.42 Å². The Kier molecular flexibility index (Phi) is 4.98. The van der Waals surface area contributed by atoms with Crippen molar-refractivity contribution in [1.82, 2.24) is 15.0 Å². The summed E-state index contributed by atoms with van der Waals surface area (Å²) in [4.78, 5) is 19.0. The predicted octanol–water partition coefficient (Wildman–Crippen LogP) is 2.95. The molecule has 0 radical (unpaired) electrons. The van der Waals surface area contributed by atoms with Crippen LogP contribution in [0.4, 0.5) is 0 Å². The van der Waals surface area contributed by atoms with E-state index >= 15 is 0 Å². The summed E-state index contributed by atoms with van der Waals surface area (Å²) < 4.78 is 10.5. The zero-order valence-corrected chi connectivity index (χ0v) is 15.2. The van der Waals surface area contributed by atoms with E-state index in [1.165, 1.54) is 0 Å². The summed E-state index contributed by atoms with van der Waals surface area (Å²) in [5.41, 5.74) is 1.85. The van der Waals surface area contributed by atoms with Gasteiger partial charge in [0.15, 0.2) is 11.6 Å². The van der Waals surface area contributed by atoms with Crippen molar-refractivity contribution in [3.63, 3.8) is 0 Å². The van der Waals surface area contributed by atoms with Gasteiger partial charge in [0.25, 0.3) is 0 Å². The first-order chi connectivity index (χ1) is 13.2. The van der Waals surface area contributed by atoms with Crippen molar-refractivity contribution in [2.24, 2.45) is 0 Å². The monoisotopic (exact) mass is 363 g/mol. The van der Waals surface area contributed by atoms with Crippen LogP contribution in [0.2, 0.25) is 0 Å². The van der Waals surface area contributed by atoms with Crippen LogP contribution in [0.1, 0.15) is 33.6 Å². The summed E-state index contributed by atoms with van der Waals surface area (Å²) in [7, 11) is 1.61. The molecule has 6 nitrogen and oxygen atoms in total. The van der Waals surface area contributed by atoms with Crippen LogP contribution in [0.5, 0.6) is 5.75 Å². The second-order valence-corrected chi connectivity index (χ2v) is 6.75. The molecule has 0 unspecified atom stereocenters. The number of likely N-dealkylation sites (tertiary alicyclic amines) is 1. The van der Waals surface area contributed by atoms with Crippen LogP contribution in [0.25, 0.3) is 0 Å². The summed E-state index contributed by atoms with van der Waals surface area (Å²) in [6.07, 6.45) is 0.663. The molecular formula is C21H21N3O3. The van der Waals surface area contributed by atoms with E-state index in [0.717, 1.165) is 24.4 Å². The number of ether oxygens (including phenoxy) is 1. The lowest BCUT2D eigenvalue weighted by atomic mass is 9.99. The van der Waals surface area contributed by atoms with Crippen molar-refractivity contribution in [1.29, 1.82) is 0 Å². The van der Waals surface area contributed by atoms with E-state index in [9.17, 15) is 4.79 Å². The Morgan fingerprint density at radius 1 is 1.15 bits per heavy atom. The summed E-state index contributed by atoms with van der Waals surface area (Å²) >= 11 is 0. The molecule has 1 saturated heterocycles. The Morgan fingerprint density at radius 2 is 1.89 bits per heavy atom. The molecular weight excluding hydrogens is 342 g/mol. The van der Waals surface area contributed by atoms with Gasteiger partial charge in [-0.3, -0.25) is 9.69 Å². The fourth-order valence-electron chi connectivity index (χ4n) is 3.21. The van der Waals surface area contributed by atoms with Gasteiger partial charge in [-0.25, -0.2) is 0 Å². The fourth-order valence-corrected chi connectivity index (χ4v) is 3.21. The number of benzene rings is 2. The third-order valence-corrected chi connectivity index (χ3v) is 4.77. The Labute approximate surface area is 157 Å². The Balaban J connectivity index is 1.28. The second-order valence-electron chi connectivity index (χ2n) is 6.75. The number of rotatable bonds is 7. The number of aromatic nitrogens is 2. The third kappa shape index (κ3) is 4.06. The molecule has 1 fully saturated rings. The molecule has 138 valence electrons. The minimum Gasteiger partial charge on any atom is -0.497 e. The van der Waals surface area contributed by atoms with E-state index in [-0.39, 0.29) is 11.7 Å². The number of carbonyl (C=O) groups excluding carboxylic acids is 1. The largest absolute Gasteiger partial charge is 0.497 e. The van der Waals surface area contributed by atoms with E-state index in [4.69, 9.17) is 9.26 Å². The predicted molar refractivity (Wildman–Crippen MR) is 100 cm³/mol. The van der Waals surface area contributed by atoms with E-state index in [1.54, 1.807) is 31.4 Å². The first-order valence-electron chi connectivity index (χ1n) is 8.97. The standard InChI is InChI=1S/C21H21N3O3/c1-26-18-9-7-16(8-10-18)19(25)14-24-12-17(13-24)21-22-20(23-27-21)11-15-5-3-2-4-6-15/h2-10,17H,11-14H2,1H3. The van der Waals surface area contributed by atoms with Crippen LogP contribution < -0.4 is 4.74 Å². The highest BCUT2D eigenvalue weighted by Crippen LogP contribution is 2.26. The van der Waals surface area contributed by atoms with Crippen LogP contribution >= 0.6 is 0 Å². The van der Waals surface area contributed by atoms with Crippen LogP contribution in [0.3, 0.4) is 0 Å². The summed E-state index contributed by atoms with van der Waals surface area (Å²) in [6.45, 7) is 1.91. The molecule has 0 saturated carbocycles. The molecule has 0 atom stereocenters. The van der Waals surface area contributed by atoms with Crippen molar-refractivity contribution >= 4 is 5.78 Å². The van der Waals surface area contributed by atoms with Gasteiger partial charge in [-0.1, -0.05) is 35.5 Å². The first-order valence-corrected chi connectivity index (χ1v) is 8.97. The topological polar surface area (TPSA) is 68.5 Å². The number of methoxy groups -OCH3 is 1. The summed E-state index contributed by atoms with van der Waals surface area (Å²) in [6, 6.07) is 17.3. The summed E-state index contributed by atoms with van der Waals surface area (Å²) in [5, 5.41) is 4.08. The maximum Gasteiger partial charge on any atom is 0.232 e. The number of nitrogens with zero attached hydrogens (tertiary/aromatic N) is 3. The van der Waals surface area contributed by atoms with Gasteiger partial charge in [-0.05, 0) is 29.8 Å². The molecule has 1 aliphatic heterocycles. The van der Waals surface area contributed by atoms with E-state index < -0.39 is 0 Å². The Hall–Kier alpha value is -2.99. The quantitative estimate of drug-likeness (QED) is 0.601. The van der Waals surface area contributed by atoms with E-state index in [2.05, 4.69) is 15.0 Å². The van der Waals surface area contributed by atoms with Gasteiger partial charge in [0, 0.05) is 25.1 Å². The van der Waals surface area contributed by atoms with Crippen molar-refractivity contribution in [2.45, 2.75) is 12.3 Å². The van der Waals surface area contributed by atoms with E-state index in [1.807, 2.05) is 30.3 Å². The van der Waals surface area contributed by atoms with Crippen LogP contribution in [0, 0.1) is 0 Å². The average molecular weight is 363 g/mol. The zero-order chi connectivity index (χ0) is 18.6. The Bertz CT molecular complexity index is 900. The number of ketones is 1. The lowest BCUT2D eigenvalue weighted by Crippen LogP contribution is -2.47. The first kappa shape index (κ1) is 17.4. The molecule has 3 aromatic rings. The SMILES string of the molecule is COc1ccc(C(=O)CN2CC(c3nc(Cc4ccccc4)no3)C2)cc1. The van der Waals surface area contributed by atoms with Gasteiger partial charge in [-0.2, -0.15) is 4.98 Å². The number of hydrogen-bond acceptors (Lipinski definition) is 6. The molecule has 0 N–H and O–H groups in total. The third-order valence-electron chi connectivity index (χ3n) is 4.77. The highest BCUT2D eigenvalue weighted by atomic mass is 16.5. The van der Waals surface area contributed by atoms with Crippen molar-refractivity contribution in [3.05, 3.63) is 77.4 Å². The highest BCUT2D eigenvalue weighted by Gasteiger charge is 2.33. The molecule has 0 aliphatic carbocycles. The molecule has 1 aromatic heterocycles. The smallest absolute Gasteiger partial charge is 0.232 e. The molecule has 2 heterocycles. The molecule has 4 rings (SSSR count). The molecule has 0 spiro atoms. The maximum absolute atomic E-state index is 12.4. The van der Waals surface area contributed by atoms with Gasteiger partial charge in [0.05, 0.1) is 19.6 Å². The lowest BCUT2D eigenvalue weighted by Gasteiger charge is -2.36. The number of carbonyl (C=O) groups is 1. The van der Waals surface area contributed by atoms with Gasteiger partial charge < -0.3 is 9.26 Å². The maximum atomic E-state index is 12.4. The highest BCUT2D eigenvalue weighted by molar-refractivity contribution is 5.97. The van der Waals surface area contributed by atoms with E-state index in [0.29, 0.717) is 30.2 Å². The zero-order valence-electron chi connectivity index (χ0n) is 15.2. The lowest BCUT2D eigenvalue weighted by molar-refractivity contribution is 0.0802.